The molecule has 3 aliphatic heterocycles. The van der Waals surface area contributed by atoms with Crippen LogP contribution in [-0.2, 0) is 41.0 Å². The van der Waals surface area contributed by atoms with Gasteiger partial charge >= 0.3 is 30.1 Å². The number of hydrazine groups is 1. The summed E-state index contributed by atoms with van der Waals surface area (Å²) in [6.07, 6.45) is -0.228. The van der Waals surface area contributed by atoms with E-state index in [4.69, 9.17) is 15.6 Å². The van der Waals surface area contributed by atoms with Gasteiger partial charge in [0, 0.05) is 24.2 Å². The van der Waals surface area contributed by atoms with Gasteiger partial charge in [-0.1, -0.05) is 23.9 Å². The number of nitrogens with zero attached hydrogens (tertiary/aromatic N) is 7. The molecule has 0 saturated carbocycles. The molecule has 2 aromatic rings. The van der Waals surface area contributed by atoms with Crippen molar-refractivity contribution < 1.29 is 56.9 Å². The number of aryl methyl sites for hydroxylation is 1. The van der Waals surface area contributed by atoms with Crippen molar-refractivity contribution in [2.24, 2.45) is 12.8 Å². The van der Waals surface area contributed by atoms with E-state index in [2.05, 4.69) is 31.5 Å². The first-order chi connectivity index (χ1) is 25.4. The summed E-state index contributed by atoms with van der Waals surface area (Å²) < 4.78 is 29.5. The van der Waals surface area contributed by atoms with E-state index >= 15 is 0 Å². The number of tetrazole rings is 1. The van der Waals surface area contributed by atoms with Crippen LogP contribution in [0.15, 0.2) is 40.7 Å². The number of urea groups is 2. The molecule has 0 radical (unpaired) electrons. The number of rotatable bonds is 14. The molecule has 54 heavy (non-hydrogen) atoms. The molecular formula is C27H32N12O12S3. The van der Waals surface area contributed by atoms with Crippen LogP contribution in [0.3, 0.4) is 0 Å². The van der Waals surface area contributed by atoms with Crippen LogP contribution in [-0.4, -0.2) is 150 Å². The lowest BCUT2D eigenvalue weighted by Gasteiger charge is -2.49. The lowest BCUT2D eigenvalue weighted by atomic mass is 10.0. The highest BCUT2D eigenvalue weighted by molar-refractivity contribution is 8.01. The Morgan fingerprint density at radius 2 is 1.83 bits per heavy atom. The van der Waals surface area contributed by atoms with Crippen molar-refractivity contribution in [3.63, 3.8) is 0 Å². The first-order valence-electron chi connectivity index (χ1n) is 15.4. The third-order valence-electron chi connectivity index (χ3n) is 7.77. The quantitative estimate of drug-likeness (QED) is 0.0776. The van der Waals surface area contributed by atoms with Crippen LogP contribution in [0, 0.1) is 0 Å². The van der Waals surface area contributed by atoms with Crippen molar-refractivity contribution in [3.05, 3.63) is 41.1 Å². The summed E-state index contributed by atoms with van der Waals surface area (Å²) >= 11 is 2.38. The second-order valence-electron chi connectivity index (χ2n) is 11.6. The van der Waals surface area contributed by atoms with Crippen LogP contribution >= 0.6 is 23.5 Å². The molecule has 24 nitrogen and oxygen atoms in total. The van der Waals surface area contributed by atoms with Gasteiger partial charge in [0.25, 0.3) is 5.91 Å². The molecule has 1 aromatic carbocycles. The average Bonchev–Trinajstić information content (AvgIpc) is 3.69. The molecule has 0 bridgehead atoms. The number of hydrogen-bond donors (Lipinski definition) is 7. The Bertz CT molecular complexity index is 2010. The smallest absolute Gasteiger partial charge is 0.411 e. The van der Waals surface area contributed by atoms with E-state index in [1.165, 1.54) is 52.5 Å². The number of nitrogens with one attached hydrogen (secondary N) is 4. The van der Waals surface area contributed by atoms with Crippen molar-refractivity contribution in [1.29, 1.82) is 0 Å². The number of imide groups is 1. The highest BCUT2D eigenvalue weighted by atomic mass is 32.2. The summed E-state index contributed by atoms with van der Waals surface area (Å²) in [6, 6.07) is -1.13. The fourth-order valence-corrected chi connectivity index (χ4v) is 8.09. The van der Waals surface area contributed by atoms with Crippen molar-refractivity contribution in [2.75, 3.05) is 42.8 Å². The van der Waals surface area contributed by atoms with Gasteiger partial charge in [-0.2, -0.15) is 0 Å². The van der Waals surface area contributed by atoms with Crippen LogP contribution in [0.5, 0.6) is 0 Å². The summed E-state index contributed by atoms with van der Waals surface area (Å²) in [5.74, 6) is -4.05. The Morgan fingerprint density at radius 1 is 1.13 bits per heavy atom. The van der Waals surface area contributed by atoms with Crippen molar-refractivity contribution in [3.8, 4) is 0 Å². The molecule has 290 valence electrons. The molecule has 4 heterocycles. The maximum absolute atomic E-state index is 13.8. The number of hydrogen-bond acceptors (Lipinski definition) is 16. The summed E-state index contributed by atoms with van der Waals surface area (Å²) in [7, 11) is -2.26. The predicted molar refractivity (Wildman–Crippen MR) is 184 cm³/mol. The molecule has 2 fully saturated rings. The second kappa shape index (κ2) is 16.2. The Labute approximate surface area is 313 Å². The van der Waals surface area contributed by atoms with Crippen LogP contribution in [0.25, 0.3) is 0 Å². The second-order valence-corrected chi connectivity index (χ2v) is 15.4. The number of benzene rings is 1. The molecule has 8 N–H and O–H groups in total. The molecule has 4 atom stereocenters. The highest BCUT2D eigenvalue weighted by Gasteiger charge is 2.54. The van der Waals surface area contributed by atoms with Gasteiger partial charge in [-0.15, -0.1) is 21.7 Å². The first-order valence-corrected chi connectivity index (χ1v) is 19.3. The fraction of sp³-hybridized carbons (Fsp3) is 0.407. The van der Waals surface area contributed by atoms with Crippen LogP contribution in [0.2, 0.25) is 0 Å². The van der Waals surface area contributed by atoms with Gasteiger partial charge < -0.3 is 31.3 Å². The molecule has 0 aliphatic carbocycles. The van der Waals surface area contributed by atoms with Gasteiger partial charge in [0.2, 0.25) is 21.1 Å². The number of amides is 7. The summed E-state index contributed by atoms with van der Waals surface area (Å²) in [5.41, 5.74) is 5.72. The third kappa shape index (κ3) is 8.98. The molecule has 3 aliphatic rings. The number of carbonyl (C=O) groups excluding carboxylic acids is 5. The molecule has 2 saturated heterocycles. The van der Waals surface area contributed by atoms with Gasteiger partial charge in [-0.3, -0.25) is 24.6 Å². The number of thioether (sulfide) groups is 2. The molecule has 5 rings (SSSR count). The van der Waals surface area contributed by atoms with E-state index < -0.39 is 82.0 Å². The predicted octanol–water partition coefficient (Wildman–Crippen LogP) is -2.35. The topological polar surface area (TPSA) is 331 Å². The average molecular weight is 813 g/mol. The number of carboxylic acid groups (broad SMARTS) is 2. The normalized spacial score (nSPS) is 19.4. The van der Waals surface area contributed by atoms with E-state index in [-0.39, 0.29) is 41.5 Å². The molecule has 7 amide bonds. The van der Waals surface area contributed by atoms with Crippen LogP contribution in [0.4, 0.5) is 20.1 Å². The SMILES string of the molecule is Cn1nnnc1SCC1=C(C(=O)O)N2C(=O)[C@@H](NC(=O)[C@H](NC(=O)N3CCN(NS(C)(=O)=O)C3=O)c3ccc(NC(=O)OC[C@@H](N)C(=O)O)cc3)[C@@H]2SC1. The number of aliphatic carboxylic acids is 2. The lowest BCUT2D eigenvalue weighted by Crippen LogP contribution is -2.71. The standard InChI is InChI=1S/C27H32N12O12S3/c1-36-25(32-33-34-36)53-11-13-10-52-21-17(20(41)39(21)18(13)23(44)45)30-19(40)16(31-24(46)37-7-8-38(27(37)48)35-54(2,49)50)12-3-5-14(6-4-12)29-26(47)51-9-15(28)22(42)43/h3-6,15-17,21,35H,7-11,28H2,1-2H3,(H,29,47)(H,30,40)(H,31,46)(H,42,43)(H,44,45)/t15-,16-,17-,21+/m1/s1. The molecule has 1 aromatic heterocycles. The summed E-state index contributed by atoms with van der Waals surface area (Å²) in [6.45, 7) is -1.09. The number of β-lactam (4-membered cyclic amide) rings is 1. The van der Waals surface area contributed by atoms with Crippen LogP contribution < -0.4 is 26.5 Å². The largest absolute Gasteiger partial charge is 0.480 e. The van der Waals surface area contributed by atoms with Gasteiger partial charge in [0.15, 0.2) is 0 Å². The van der Waals surface area contributed by atoms with Crippen LogP contribution in [0.1, 0.15) is 11.6 Å². The minimum absolute atomic E-state index is 0.0917. The number of nitrogens with two attached hydrogens (primary N) is 1. The molecule has 27 heteroatoms. The number of carboxylic acids is 2. The minimum atomic E-state index is -3.87. The van der Waals surface area contributed by atoms with Gasteiger partial charge in [0.1, 0.15) is 35.8 Å². The van der Waals surface area contributed by atoms with Gasteiger partial charge in [-0.05, 0) is 33.7 Å². The minimum Gasteiger partial charge on any atom is -0.480 e. The van der Waals surface area contributed by atoms with E-state index in [0.717, 1.165) is 11.2 Å². The number of ether oxygens (including phenoxy) is 1. The maximum atomic E-state index is 13.8. The third-order valence-corrected chi connectivity index (χ3v) is 10.8. The van der Waals surface area contributed by atoms with E-state index in [1.54, 1.807) is 7.05 Å². The monoisotopic (exact) mass is 812 g/mol. The molecule has 0 spiro atoms. The van der Waals surface area contributed by atoms with Crippen molar-refractivity contribution >= 4 is 81.1 Å². The number of sulfonamides is 1. The lowest BCUT2D eigenvalue weighted by molar-refractivity contribution is -0.151. The Morgan fingerprint density at radius 3 is 2.44 bits per heavy atom. The zero-order chi connectivity index (χ0) is 39.5. The van der Waals surface area contributed by atoms with E-state index in [9.17, 15) is 47.1 Å². The number of carbonyl (C=O) groups is 7. The molecule has 0 unspecified atom stereocenters. The first kappa shape index (κ1) is 39.7. The summed E-state index contributed by atoms with van der Waals surface area (Å²) in [4.78, 5) is 92.4. The Balaban J connectivity index is 1.32. The number of fused-ring (bicyclic) bond motifs is 1. The Hall–Kier alpha value is -5.51. The van der Waals surface area contributed by atoms with Crippen molar-refractivity contribution in [2.45, 2.75) is 28.7 Å². The summed E-state index contributed by atoms with van der Waals surface area (Å²) in [5, 5.41) is 37.6. The molecular weight excluding hydrogens is 781 g/mol. The Kier molecular flexibility index (Phi) is 11.9. The number of aromatic nitrogens is 4. The maximum Gasteiger partial charge on any atom is 0.411 e. The zero-order valence-corrected chi connectivity index (χ0v) is 30.5. The van der Waals surface area contributed by atoms with E-state index in [1.807, 2.05) is 4.83 Å². The zero-order valence-electron chi connectivity index (χ0n) is 28.1. The van der Waals surface area contributed by atoms with Crippen molar-refractivity contribution in [1.82, 2.24) is 50.5 Å². The van der Waals surface area contributed by atoms with E-state index in [0.29, 0.717) is 20.6 Å². The fourth-order valence-electron chi connectivity index (χ4n) is 5.19. The number of anilines is 1. The highest BCUT2D eigenvalue weighted by Crippen LogP contribution is 2.41. The van der Waals surface area contributed by atoms with Gasteiger partial charge in [0.05, 0.1) is 19.3 Å². The van der Waals surface area contributed by atoms with Gasteiger partial charge in [-0.25, -0.2) is 42.2 Å².